The number of amides is 2. The summed E-state index contributed by atoms with van der Waals surface area (Å²) in [5.74, 6) is -0.534. The van der Waals surface area contributed by atoms with E-state index < -0.39 is 18.0 Å². The minimum atomic E-state index is -1.06. The average molecular weight is 276 g/mol. The Morgan fingerprint density at radius 1 is 1.20 bits per heavy atom. The Hall–Kier alpha value is -2.04. The molecule has 2 amide bonds. The van der Waals surface area contributed by atoms with E-state index in [1.165, 1.54) is 12.8 Å². The Morgan fingerprint density at radius 2 is 1.85 bits per heavy atom. The van der Waals surface area contributed by atoms with Crippen LogP contribution in [0.15, 0.2) is 30.3 Å². The molecule has 0 heterocycles. The topological polar surface area (TPSA) is 78.4 Å². The highest BCUT2D eigenvalue weighted by atomic mass is 16.4. The first kappa shape index (κ1) is 14.4. The van der Waals surface area contributed by atoms with E-state index >= 15 is 0 Å². The fraction of sp³-hybridized carbons (Fsp3) is 0.467. The average Bonchev–Trinajstić information content (AvgIpc) is 2.96. The molecule has 0 aromatic heterocycles. The van der Waals surface area contributed by atoms with Gasteiger partial charge in [-0.1, -0.05) is 43.2 Å². The zero-order chi connectivity index (χ0) is 14.4. The molecule has 3 N–H and O–H groups in total. The normalized spacial score (nSPS) is 16.6. The molecule has 5 nitrogen and oxygen atoms in total. The molecule has 20 heavy (non-hydrogen) atoms. The number of hydrogen-bond acceptors (Lipinski definition) is 2. The van der Waals surface area contributed by atoms with Gasteiger partial charge in [0.15, 0.2) is 6.04 Å². The summed E-state index contributed by atoms with van der Waals surface area (Å²) in [5.41, 5.74) is 0.566. The first-order valence-corrected chi connectivity index (χ1v) is 6.99. The predicted octanol–water partition coefficient (Wildman–Crippen LogP) is 2.30. The predicted molar refractivity (Wildman–Crippen MR) is 75.3 cm³/mol. The zero-order valence-electron chi connectivity index (χ0n) is 11.3. The second-order valence-corrected chi connectivity index (χ2v) is 5.19. The van der Waals surface area contributed by atoms with Crippen LogP contribution in [0.3, 0.4) is 0 Å². The van der Waals surface area contributed by atoms with Crippen LogP contribution in [0.25, 0.3) is 0 Å². The number of hydrogen-bond donors (Lipinski definition) is 3. The molecular weight excluding hydrogens is 256 g/mol. The summed E-state index contributed by atoms with van der Waals surface area (Å²) in [7, 11) is 0. The lowest BCUT2D eigenvalue weighted by atomic mass is 10.1. The van der Waals surface area contributed by atoms with Gasteiger partial charge in [0.1, 0.15) is 0 Å². The van der Waals surface area contributed by atoms with Crippen molar-refractivity contribution in [3.05, 3.63) is 35.9 Å². The van der Waals surface area contributed by atoms with E-state index in [1.54, 1.807) is 24.3 Å². The standard InChI is InChI=1S/C15H20N2O3/c18-14(19)13(12-8-2-1-3-9-12)17-15(20)16-10-11-6-4-5-7-11/h1-3,8-9,11,13H,4-7,10H2,(H,18,19)(H2,16,17,20). The van der Waals surface area contributed by atoms with Crippen molar-refractivity contribution in [1.29, 1.82) is 0 Å². The Kier molecular flexibility index (Phi) is 4.98. The largest absolute Gasteiger partial charge is 0.479 e. The second-order valence-electron chi connectivity index (χ2n) is 5.19. The van der Waals surface area contributed by atoms with Crippen molar-refractivity contribution in [1.82, 2.24) is 10.6 Å². The molecule has 108 valence electrons. The molecule has 5 heteroatoms. The highest BCUT2D eigenvalue weighted by molar-refractivity contribution is 5.83. The van der Waals surface area contributed by atoms with Gasteiger partial charge < -0.3 is 15.7 Å². The monoisotopic (exact) mass is 276 g/mol. The SMILES string of the molecule is O=C(NCC1CCCC1)NC(C(=O)O)c1ccccc1. The first-order valence-electron chi connectivity index (χ1n) is 6.99. The minimum Gasteiger partial charge on any atom is -0.479 e. The molecule has 1 saturated carbocycles. The van der Waals surface area contributed by atoms with Gasteiger partial charge in [-0.15, -0.1) is 0 Å². The van der Waals surface area contributed by atoms with E-state index in [4.69, 9.17) is 0 Å². The molecular formula is C15H20N2O3. The van der Waals surface area contributed by atoms with Gasteiger partial charge in [0.2, 0.25) is 0 Å². The molecule has 0 radical (unpaired) electrons. The van der Waals surface area contributed by atoms with Crippen LogP contribution < -0.4 is 10.6 Å². The van der Waals surface area contributed by atoms with Crippen molar-refractivity contribution >= 4 is 12.0 Å². The van der Waals surface area contributed by atoms with Crippen molar-refractivity contribution in [3.8, 4) is 0 Å². The molecule has 1 aromatic rings. The molecule has 1 aromatic carbocycles. The number of rotatable bonds is 5. The van der Waals surface area contributed by atoms with Gasteiger partial charge in [0, 0.05) is 6.54 Å². The summed E-state index contributed by atoms with van der Waals surface area (Å²) >= 11 is 0. The van der Waals surface area contributed by atoms with E-state index in [2.05, 4.69) is 10.6 Å². The maximum atomic E-state index is 11.8. The van der Waals surface area contributed by atoms with Crippen LogP contribution in [-0.4, -0.2) is 23.7 Å². The summed E-state index contributed by atoms with van der Waals surface area (Å²) in [5, 5.41) is 14.5. The Bertz CT molecular complexity index is 455. The number of urea groups is 1. The van der Waals surface area contributed by atoms with Crippen LogP contribution in [-0.2, 0) is 4.79 Å². The van der Waals surface area contributed by atoms with Gasteiger partial charge in [0.25, 0.3) is 0 Å². The van der Waals surface area contributed by atoms with Gasteiger partial charge in [-0.2, -0.15) is 0 Å². The number of nitrogens with one attached hydrogen (secondary N) is 2. The highest BCUT2D eigenvalue weighted by Crippen LogP contribution is 2.23. The summed E-state index contributed by atoms with van der Waals surface area (Å²) in [6.07, 6.45) is 4.72. The third kappa shape index (κ3) is 3.98. The first-order chi connectivity index (χ1) is 9.66. The third-order valence-electron chi connectivity index (χ3n) is 3.68. The van der Waals surface area contributed by atoms with Crippen LogP contribution in [0, 0.1) is 5.92 Å². The quantitative estimate of drug-likeness (QED) is 0.772. The van der Waals surface area contributed by atoms with Crippen molar-refractivity contribution in [2.45, 2.75) is 31.7 Å². The van der Waals surface area contributed by atoms with Crippen LogP contribution in [0.5, 0.6) is 0 Å². The lowest BCUT2D eigenvalue weighted by Crippen LogP contribution is -2.42. The van der Waals surface area contributed by atoms with Crippen LogP contribution >= 0.6 is 0 Å². The zero-order valence-corrected chi connectivity index (χ0v) is 11.3. The van der Waals surface area contributed by atoms with Gasteiger partial charge in [-0.25, -0.2) is 9.59 Å². The fourth-order valence-corrected chi connectivity index (χ4v) is 2.57. The van der Waals surface area contributed by atoms with E-state index in [9.17, 15) is 14.7 Å². The van der Waals surface area contributed by atoms with E-state index in [1.807, 2.05) is 6.07 Å². The summed E-state index contributed by atoms with van der Waals surface area (Å²) in [6.45, 7) is 0.618. The van der Waals surface area contributed by atoms with Crippen molar-refractivity contribution in [2.24, 2.45) is 5.92 Å². The van der Waals surface area contributed by atoms with Gasteiger partial charge >= 0.3 is 12.0 Å². The van der Waals surface area contributed by atoms with Crippen molar-refractivity contribution in [3.63, 3.8) is 0 Å². The molecule has 0 spiro atoms. The summed E-state index contributed by atoms with van der Waals surface area (Å²) < 4.78 is 0. The third-order valence-corrected chi connectivity index (χ3v) is 3.68. The number of carbonyl (C=O) groups excluding carboxylic acids is 1. The van der Waals surface area contributed by atoms with Gasteiger partial charge in [-0.05, 0) is 24.3 Å². The molecule has 1 aliphatic rings. The highest BCUT2D eigenvalue weighted by Gasteiger charge is 2.22. The van der Waals surface area contributed by atoms with Gasteiger partial charge in [0.05, 0.1) is 0 Å². The van der Waals surface area contributed by atoms with Crippen LogP contribution in [0.2, 0.25) is 0 Å². The maximum Gasteiger partial charge on any atom is 0.330 e. The van der Waals surface area contributed by atoms with Crippen molar-refractivity contribution in [2.75, 3.05) is 6.54 Å². The summed E-state index contributed by atoms with van der Waals surface area (Å²) in [6, 6.07) is 7.26. The lowest BCUT2D eigenvalue weighted by molar-refractivity contribution is -0.139. The summed E-state index contributed by atoms with van der Waals surface area (Å²) in [4.78, 5) is 23.1. The molecule has 1 aliphatic carbocycles. The number of carbonyl (C=O) groups is 2. The van der Waals surface area contributed by atoms with E-state index in [0.29, 0.717) is 18.0 Å². The number of carboxylic acids is 1. The van der Waals surface area contributed by atoms with Crippen LogP contribution in [0.1, 0.15) is 37.3 Å². The molecule has 0 aliphatic heterocycles. The Morgan fingerprint density at radius 3 is 2.45 bits per heavy atom. The smallest absolute Gasteiger partial charge is 0.330 e. The number of carboxylic acid groups (broad SMARTS) is 1. The Labute approximate surface area is 118 Å². The fourth-order valence-electron chi connectivity index (χ4n) is 2.57. The number of aliphatic carboxylic acids is 1. The maximum absolute atomic E-state index is 11.8. The van der Waals surface area contributed by atoms with E-state index in [0.717, 1.165) is 12.8 Å². The lowest BCUT2D eigenvalue weighted by Gasteiger charge is -2.17. The molecule has 0 bridgehead atoms. The molecule has 2 rings (SSSR count). The minimum absolute atomic E-state index is 0.423. The van der Waals surface area contributed by atoms with E-state index in [-0.39, 0.29) is 0 Å². The Balaban J connectivity index is 1.87. The van der Waals surface area contributed by atoms with Crippen LogP contribution in [0.4, 0.5) is 4.79 Å². The molecule has 1 fully saturated rings. The van der Waals surface area contributed by atoms with Crippen molar-refractivity contribution < 1.29 is 14.7 Å². The molecule has 1 unspecified atom stereocenters. The number of benzene rings is 1. The van der Waals surface area contributed by atoms with Gasteiger partial charge in [-0.3, -0.25) is 0 Å². The molecule has 0 saturated heterocycles. The second kappa shape index (κ2) is 6.93. The molecule has 1 atom stereocenters.